The van der Waals surface area contributed by atoms with Crippen molar-refractivity contribution in [3.05, 3.63) is 0 Å². The number of hydrogen-bond donors (Lipinski definition) is 2. The van der Waals surface area contributed by atoms with E-state index in [-0.39, 0.29) is 12.8 Å². The fraction of sp³-hybridized carbons (Fsp3) is 0.200. The van der Waals surface area contributed by atoms with Gasteiger partial charge in [-0.3, -0.25) is 4.79 Å². The molecule has 0 heterocycles. The summed E-state index contributed by atoms with van der Waals surface area (Å²) in [5.74, 6) is 11.0. The molecule has 0 aromatic carbocycles. The summed E-state index contributed by atoms with van der Waals surface area (Å²) in [4.78, 5) is 19.9. The molecule has 4 nitrogen and oxygen atoms in total. The van der Waals surface area contributed by atoms with Crippen LogP contribution in [0.2, 0.25) is 0 Å². The van der Waals surface area contributed by atoms with E-state index in [9.17, 15) is 9.59 Å². The van der Waals surface area contributed by atoms with Crippen molar-refractivity contribution in [1.29, 1.82) is 0 Å². The van der Waals surface area contributed by atoms with Gasteiger partial charge in [0.15, 0.2) is 0 Å². The van der Waals surface area contributed by atoms with Crippen LogP contribution in [0.5, 0.6) is 0 Å². The monoisotopic (exact) mass is 190 g/mol. The van der Waals surface area contributed by atoms with E-state index in [1.54, 1.807) is 5.92 Å². The molecule has 0 spiro atoms. The van der Waals surface area contributed by atoms with Crippen molar-refractivity contribution in [2.24, 2.45) is 0 Å². The first kappa shape index (κ1) is 11.6. The Labute approximate surface area is 80.9 Å². The maximum atomic E-state index is 10.0. The van der Waals surface area contributed by atoms with E-state index in [0.717, 1.165) is 0 Å². The van der Waals surface area contributed by atoms with E-state index in [1.165, 1.54) is 0 Å². The van der Waals surface area contributed by atoms with Gasteiger partial charge in [-0.25, -0.2) is 4.79 Å². The number of rotatable bonds is 2. The summed E-state index contributed by atoms with van der Waals surface area (Å²) in [5, 5.41) is 16.3. The first-order valence-corrected chi connectivity index (χ1v) is 3.56. The van der Waals surface area contributed by atoms with Gasteiger partial charge in [0.1, 0.15) is 0 Å². The van der Waals surface area contributed by atoms with Crippen molar-refractivity contribution < 1.29 is 19.8 Å². The molecule has 0 aromatic heterocycles. The molecule has 0 atom stereocenters. The van der Waals surface area contributed by atoms with Crippen molar-refractivity contribution >= 4 is 11.9 Å². The summed E-state index contributed by atoms with van der Waals surface area (Å²) in [6.07, 6.45) is 0.186. The summed E-state index contributed by atoms with van der Waals surface area (Å²) in [7, 11) is 0. The highest BCUT2D eigenvalue weighted by molar-refractivity contribution is 5.87. The van der Waals surface area contributed by atoms with Crippen molar-refractivity contribution in [2.45, 2.75) is 12.8 Å². The summed E-state index contributed by atoms with van der Waals surface area (Å²) in [6, 6.07) is 0. The molecule has 0 rings (SSSR count). The molecule has 2 N–H and O–H groups in total. The van der Waals surface area contributed by atoms with E-state index < -0.39 is 11.9 Å². The second-order valence-electron chi connectivity index (χ2n) is 2.00. The fourth-order valence-electron chi connectivity index (χ4n) is 0.423. The molecule has 0 saturated heterocycles. The lowest BCUT2D eigenvalue weighted by atomic mass is 10.3. The molecular formula is C10H6O4. The molecule has 0 aromatic rings. The average Bonchev–Trinajstić information content (AvgIpc) is 2.08. The molecule has 0 amide bonds. The number of carboxylic acids is 2. The standard InChI is InChI=1S/C10H6O4/c11-9(12)7-5-3-1-2-4-6-8-10(13)14/h5,7H2,(H,11,12)(H,13,14). The zero-order chi connectivity index (χ0) is 10.8. The fourth-order valence-corrected chi connectivity index (χ4v) is 0.423. The Morgan fingerprint density at radius 1 is 1.00 bits per heavy atom. The molecular weight excluding hydrogens is 184 g/mol. The van der Waals surface area contributed by atoms with Gasteiger partial charge in [-0.1, -0.05) is 5.92 Å². The SMILES string of the molecule is O=C(O)C#CC#CC#CCCC(=O)O. The minimum atomic E-state index is -1.25. The molecule has 0 saturated carbocycles. The molecule has 0 unspecified atom stereocenters. The Morgan fingerprint density at radius 3 is 2.21 bits per heavy atom. The highest BCUT2D eigenvalue weighted by atomic mass is 16.4. The van der Waals surface area contributed by atoms with Gasteiger partial charge in [0, 0.05) is 12.3 Å². The predicted octanol–water partition coefficient (Wildman–Crippen LogP) is -0.0540. The smallest absolute Gasteiger partial charge is 0.382 e. The van der Waals surface area contributed by atoms with Gasteiger partial charge < -0.3 is 10.2 Å². The molecule has 70 valence electrons. The second kappa shape index (κ2) is 7.28. The van der Waals surface area contributed by atoms with Crippen LogP contribution < -0.4 is 0 Å². The van der Waals surface area contributed by atoms with Gasteiger partial charge in [-0.2, -0.15) is 0 Å². The Bertz CT molecular complexity index is 401. The largest absolute Gasteiger partial charge is 0.481 e. The van der Waals surface area contributed by atoms with E-state index >= 15 is 0 Å². The third-order valence-electron chi connectivity index (χ3n) is 0.909. The average molecular weight is 190 g/mol. The minimum Gasteiger partial charge on any atom is -0.481 e. The van der Waals surface area contributed by atoms with Gasteiger partial charge >= 0.3 is 11.9 Å². The van der Waals surface area contributed by atoms with Crippen LogP contribution in [0.15, 0.2) is 0 Å². The lowest BCUT2D eigenvalue weighted by molar-refractivity contribution is -0.137. The van der Waals surface area contributed by atoms with Gasteiger partial charge in [0.2, 0.25) is 0 Å². The van der Waals surface area contributed by atoms with Crippen LogP contribution in [-0.2, 0) is 9.59 Å². The molecule has 0 aliphatic carbocycles. The van der Waals surface area contributed by atoms with Crippen molar-refractivity contribution in [2.75, 3.05) is 0 Å². The Hall–Kier alpha value is -2.38. The third kappa shape index (κ3) is 9.62. The number of carbonyl (C=O) groups is 2. The maximum absolute atomic E-state index is 10.0. The van der Waals surface area contributed by atoms with Gasteiger partial charge in [-0.15, -0.1) is 0 Å². The van der Waals surface area contributed by atoms with Crippen LogP contribution >= 0.6 is 0 Å². The molecule has 0 bridgehead atoms. The van der Waals surface area contributed by atoms with Crippen LogP contribution in [0.4, 0.5) is 0 Å². The highest BCUT2D eigenvalue weighted by Crippen LogP contribution is 1.83. The quantitative estimate of drug-likeness (QED) is 0.598. The molecule has 0 aliphatic rings. The minimum absolute atomic E-state index is 0.0323. The topological polar surface area (TPSA) is 74.6 Å². The van der Waals surface area contributed by atoms with E-state index in [2.05, 4.69) is 29.6 Å². The Morgan fingerprint density at radius 2 is 1.64 bits per heavy atom. The van der Waals surface area contributed by atoms with Crippen LogP contribution in [-0.4, -0.2) is 22.2 Å². The van der Waals surface area contributed by atoms with E-state index in [1.807, 2.05) is 0 Å². The number of carboxylic acid groups (broad SMARTS) is 2. The summed E-state index contributed by atoms with van der Waals surface area (Å²) in [5.41, 5.74) is 0. The molecule has 0 fully saturated rings. The van der Waals surface area contributed by atoms with Gasteiger partial charge in [-0.05, 0) is 23.7 Å². The zero-order valence-corrected chi connectivity index (χ0v) is 7.13. The van der Waals surface area contributed by atoms with E-state index in [0.29, 0.717) is 0 Å². The van der Waals surface area contributed by atoms with Crippen LogP contribution in [0.3, 0.4) is 0 Å². The first-order chi connectivity index (χ1) is 6.63. The maximum Gasteiger partial charge on any atom is 0.382 e. The molecule has 14 heavy (non-hydrogen) atoms. The van der Waals surface area contributed by atoms with Crippen LogP contribution in [0.1, 0.15) is 12.8 Å². The normalized spacial score (nSPS) is 6.57. The second-order valence-corrected chi connectivity index (χ2v) is 2.00. The van der Waals surface area contributed by atoms with Crippen LogP contribution in [0, 0.1) is 35.5 Å². The highest BCUT2D eigenvalue weighted by Gasteiger charge is 1.90. The van der Waals surface area contributed by atoms with Crippen molar-refractivity contribution in [1.82, 2.24) is 0 Å². The predicted molar refractivity (Wildman–Crippen MR) is 47.8 cm³/mol. The Balaban J connectivity index is 3.87. The lowest BCUT2D eigenvalue weighted by Gasteiger charge is -1.80. The van der Waals surface area contributed by atoms with Crippen molar-refractivity contribution in [3.63, 3.8) is 0 Å². The van der Waals surface area contributed by atoms with Gasteiger partial charge in [0.05, 0.1) is 6.42 Å². The number of hydrogen-bond acceptors (Lipinski definition) is 2. The third-order valence-corrected chi connectivity index (χ3v) is 0.909. The van der Waals surface area contributed by atoms with E-state index in [4.69, 9.17) is 10.2 Å². The summed E-state index contributed by atoms with van der Waals surface area (Å²) in [6.45, 7) is 0. The molecule has 0 aliphatic heterocycles. The number of aliphatic carboxylic acids is 2. The summed E-state index contributed by atoms with van der Waals surface area (Å²) >= 11 is 0. The van der Waals surface area contributed by atoms with Crippen molar-refractivity contribution in [3.8, 4) is 35.5 Å². The zero-order valence-electron chi connectivity index (χ0n) is 7.13. The molecule has 4 heteroatoms. The van der Waals surface area contributed by atoms with Gasteiger partial charge in [0.25, 0.3) is 0 Å². The Kier molecular flexibility index (Phi) is 6.04. The lowest BCUT2D eigenvalue weighted by Crippen LogP contribution is -1.91. The van der Waals surface area contributed by atoms with Crippen LogP contribution in [0.25, 0.3) is 0 Å². The summed E-state index contributed by atoms with van der Waals surface area (Å²) < 4.78 is 0. The molecule has 0 radical (unpaired) electrons. The first-order valence-electron chi connectivity index (χ1n) is 3.56.